The summed E-state index contributed by atoms with van der Waals surface area (Å²) in [5.74, 6) is -0.447. The standard InChI is InChI=1S/C26H27F5O/c1-5-20-10-12-23(13-11-20)19(4)21(6-2)9-7-8-18(3)22-14-16-24(17-15-22)32-26(30,31)25(27,28)29/h5,9-18H,1,4,6-8H2,2-3H3. The second kappa shape index (κ2) is 10.6. The van der Waals surface area contributed by atoms with E-state index in [0.29, 0.717) is 0 Å². The van der Waals surface area contributed by atoms with Crippen molar-refractivity contribution in [2.75, 3.05) is 0 Å². The molecule has 0 heterocycles. The van der Waals surface area contributed by atoms with E-state index in [2.05, 4.69) is 30.9 Å². The van der Waals surface area contributed by atoms with E-state index in [4.69, 9.17) is 0 Å². The molecular formula is C26H27F5O. The molecule has 2 aromatic carbocycles. The van der Waals surface area contributed by atoms with Crippen LogP contribution in [0, 0.1) is 0 Å². The fourth-order valence-corrected chi connectivity index (χ4v) is 3.23. The largest absolute Gasteiger partial charge is 0.499 e. The summed E-state index contributed by atoms with van der Waals surface area (Å²) >= 11 is 0. The van der Waals surface area contributed by atoms with Gasteiger partial charge >= 0.3 is 12.3 Å². The quantitative estimate of drug-likeness (QED) is 0.260. The lowest BCUT2D eigenvalue weighted by atomic mass is 9.92. The van der Waals surface area contributed by atoms with Gasteiger partial charge in [-0.1, -0.05) is 75.6 Å². The molecule has 0 spiro atoms. The van der Waals surface area contributed by atoms with Gasteiger partial charge in [-0.3, -0.25) is 0 Å². The molecule has 0 fully saturated rings. The van der Waals surface area contributed by atoms with Gasteiger partial charge in [-0.25, -0.2) is 0 Å². The molecule has 0 bridgehead atoms. The van der Waals surface area contributed by atoms with Crippen molar-refractivity contribution in [1.29, 1.82) is 0 Å². The Labute approximate surface area is 185 Å². The molecule has 1 unspecified atom stereocenters. The maximum Gasteiger partial charge on any atom is 0.499 e. The summed E-state index contributed by atoms with van der Waals surface area (Å²) in [6.07, 6.45) is -4.68. The summed E-state index contributed by atoms with van der Waals surface area (Å²) in [5.41, 5.74) is 5.02. The van der Waals surface area contributed by atoms with Crippen LogP contribution in [-0.2, 0) is 0 Å². The first-order valence-electron chi connectivity index (χ1n) is 10.3. The molecule has 1 atom stereocenters. The number of allylic oxidation sites excluding steroid dienone is 3. The van der Waals surface area contributed by atoms with Crippen LogP contribution < -0.4 is 4.74 Å². The number of ether oxygens (including phenoxy) is 1. The van der Waals surface area contributed by atoms with E-state index in [-0.39, 0.29) is 5.92 Å². The lowest BCUT2D eigenvalue weighted by Gasteiger charge is -2.20. The summed E-state index contributed by atoms with van der Waals surface area (Å²) in [6, 6.07) is 13.3. The molecule has 6 heteroatoms. The molecule has 0 saturated carbocycles. The molecule has 0 aliphatic carbocycles. The second-order valence-corrected chi connectivity index (χ2v) is 7.55. The highest BCUT2D eigenvalue weighted by molar-refractivity contribution is 5.77. The first-order chi connectivity index (χ1) is 15.0. The molecule has 0 amide bonds. The van der Waals surface area contributed by atoms with Gasteiger partial charge in [-0.15, -0.1) is 0 Å². The topological polar surface area (TPSA) is 9.23 Å². The number of benzene rings is 2. The van der Waals surface area contributed by atoms with Gasteiger partial charge in [0.05, 0.1) is 0 Å². The summed E-state index contributed by atoms with van der Waals surface area (Å²) in [5, 5.41) is 0. The normalized spacial score (nSPS) is 13.5. The first kappa shape index (κ1) is 25.4. The number of hydrogen-bond acceptors (Lipinski definition) is 1. The summed E-state index contributed by atoms with van der Waals surface area (Å²) < 4.78 is 66.7. The molecule has 32 heavy (non-hydrogen) atoms. The molecular weight excluding hydrogens is 423 g/mol. The minimum absolute atomic E-state index is 0.0849. The minimum Gasteiger partial charge on any atom is -0.426 e. The van der Waals surface area contributed by atoms with Gasteiger partial charge in [-0.05, 0) is 65.1 Å². The SMILES string of the molecule is C=Cc1ccc(C(=C)C(=CCCC(C)c2ccc(OC(F)(F)C(F)(F)F)cc2)CC)cc1. The highest BCUT2D eigenvalue weighted by Gasteiger charge is 2.61. The maximum atomic E-state index is 13.0. The van der Waals surface area contributed by atoms with Crippen LogP contribution in [0.15, 0.2) is 73.3 Å². The van der Waals surface area contributed by atoms with E-state index in [9.17, 15) is 22.0 Å². The van der Waals surface area contributed by atoms with Gasteiger partial charge in [0.15, 0.2) is 0 Å². The molecule has 0 N–H and O–H groups in total. The van der Waals surface area contributed by atoms with E-state index in [1.165, 1.54) is 12.1 Å². The molecule has 0 aliphatic heterocycles. The highest BCUT2D eigenvalue weighted by atomic mass is 19.4. The molecule has 0 aliphatic rings. The van der Waals surface area contributed by atoms with Crippen LogP contribution in [-0.4, -0.2) is 12.3 Å². The number of alkyl halides is 5. The number of hydrogen-bond donors (Lipinski definition) is 0. The van der Waals surface area contributed by atoms with Crippen LogP contribution in [0.1, 0.15) is 55.7 Å². The van der Waals surface area contributed by atoms with Crippen molar-refractivity contribution in [2.24, 2.45) is 0 Å². The average Bonchev–Trinajstić information content (AvgIpc) is 2.75. The summed E-state index contributed by atoms with van der Waals surface area (Å²) in [6.45, 7) is 12.0. The van der Waals surface area contributed by atoms with Crippen LogP contribution in [0.2, 0.25) is 0 Å². The van der Waals surface area contributed by atoms with Gasteiger partial charge < -0.3 is 4.74 Å². The Morgan fingerprint density at radius 2 is 1.59 bits per heavy atom. The summed E-state index contributed by atoms with van der Waals surface area (Å²) in [7, 11) is 0. The monoisotopic (exact) mass is 450 g/mol. The molecule has 1 nitrogen and oxygen atoms in total. The van der Waals surface area contributed by atoms with Gasteiger partial charge in [0.25, 0.3) is 0 Å². The van der Waals surface area contributed by atoms with Crippen LogP contribution in [0.25, 0.3) is 11.6 Å². The Bertz CT molecular complexity index is 938. The molecule has 0 saturated heterocycles. The molecule has 2 rings (SSSR count). The van der Waals surface area contributed by atoms with E-state index < -0.39 is 18.0 Å². The molecule has 0 aromatic heterocycles. The Kier molecular flexibility index (Phi) is 8.42. The zero-order valence-electron chi connectivity index (χ0n) is 18.2. The number of halogens is 5. The second-order valence-electron chi connectivity index (χ2n) is 7.55. The lowest BCUT2D eigenvalue weighted by molar-refractivity contribution is -0.360. The summed E-state index contributed by atoms with van der Waals surface area (Å²) in [4.78, 5) is 0. The molecule has 2 aromatic rings. The average molecular weight is 450 g/mol. The first-order valence-corrected chi connectivity index (χ1v) is 10.3. The van der Waals surface area contributed by atoms with Gasteiger partial charge in [0, 0.05) is 0 Å². The fraction of sp³-hybridized carbons (Fsp3) is 0.308. The van der Waals surface area contributed by atoms with E-state index in [0.717, 1.165) is 59.2 Å². The van der Waals surface area contributed by atoms with Crippen molar-refractivity contribution in [2.45, 2.75) is 51.3 Å². The Morgan fingerprint density at radius 1 is 1.00 bits per heavy atom. The Hall–Kier alpha value is -2.89. The van der Waals surface area contributed by atoms with E-state index >= 15 is 0 Å². The third-order valence-electron chi connectivity index (χ3n) is 5.28. The van der Waals surface area contributed by atoms with Crippen LogP contribution >= 0.6 is 0 Å². The maximum absolute atomic E-state index is 13.0. The van der Waals surface area contributed by atoms with Crippen molar-refractivity contribution >= 4 is 11.6 Å². The van der Waals surface area contributed by atoms with Crippen LogP contribution in [0.3, 0.4) is 0 Å². The van der Waals surface area contributed by atoms with Crippen LogP contribution in [0.4, 0.5) is 22.0 Å². The lowest BCUT2D eigenvalue weighted by Crippen LogP contribution is -2.41. The van der Waals surface area contributed by atoms with Crippen molar-refractivity contribution in [3.05, 3.63) is 90.0 Å². The zero-order chi connectivity index (χ0) is 23.9. The molecule has 0 radical (unpaired) electrons. The third kappa shape index (κ3) is 6.55. The minimum atomic E-state index is -5.76. The predicted molar refractivity (Wildman–Crippen MR) is 120 cm³/mol. The Balaban J connectivity index is 1.98. The van der Waals surface area contributed by atoms with E-state index in [1.54, 1.807) is 6.08 Å². The fourth-order valence-electron chi connectivity index (χ4n) is 3.23. The van der Waals surface area contributed by atoms with Gasteiger partial charge in [-0.2, -0.15) is 22.0 Å². The van der Waals surface area contributed by atoms with Crippen molar-refractivity contribution in [1.82, 2.24) is 0 Å². The van der Waals surface area contributed by atoms with Gasteiger partial charge in [0.1, 0.15) is 5.75 Å². The Morgan fingerprint density at radius 3 is 2.09 bits per heavy atom. The molecule has 172 valence electrons. The van der Waals surface area contributed by atoms with Crippen LogP contribution in [0.5, 0.6) is 5.75 Å². The highest BCUT2D eigenvalue weighted by Crippen LogP contribution is 2.37. The zero-order valence-corrected chi connectivity index (χ0v) is 18.2. The predicted octanol–water partition coefficient (Wildman–Crippen LogP) is 8.80. The van der Waals surface area contributed by atoms with Crippen molar-refractivity contribution in [3.8, 4) is 5.75 Å². The third-order valence-corrected chi connectivity index (χ3v) is 5.28. The van der Waals surface area contributed by atoms with Gasteiger partial charge in [0.2, 0.25) is 0 Å². The van der Waals surface area contributed by atoms with Crippen molar-refractivity contribution < 1.29 is 26.7 Å². The van der Waals surface area contributed by atoms with Crippen molar-refractivity contribution in [3.63, 3.8) is 0 Å². The smallest absolute Gasteiger partial charge is 0.426 e. The van der Waals surface area contributed by atoms with E-state index in [1.807, 2.05) is 31.2 Å². The number of rotatable bonds is 10.